The zero-order valence-electron chi connectivity index (χ0n) is 20.9. The number of morpholine rings is 1. The maximum atomic E-state index is 5.98. The van der Waals surface area contributed by atoms with Crippen LogP contribution < -0.4 is 20.4 Å². The number of furan rings is 1. The second kappa shape index (κ2) is 11.3. The van der Waals surface area contributed by atoms with E-state index in [9.17, 15) is 0 Å². The molecule has 2 saturated heterocycles. The molecule has 2 aliphatic heterocycles. The zero-order valence-corrected chi connectivity index (χ0v) is 21.8. The average molecular weight is 507 g/mol. The highest BCUT2D eigenvalue weighted by Crippen LogP contribution is 2.28. The van der Waals surface area contributed by atoms with Crippen molar-refractivity contribution in [1.82, 2.24) is 15.3 Å². The molecule has 2 N–H and O–H groups in total. The van der Waals surface area contributed by atoms with E-state index in [1.54, 1.807) is 0 Å². The van der Waals surface area contributed by atoms with Gasteiger partial charge in [0.05, 0.1) is 19.8 Å². The van der Waals surface area contributed by atoms with Crippen LogP contribution in [0.3, 0.4) is 0 Å². The van der Waals surface area contributed by atoms with Crippen LogP contribution in [0.2, 0.25) is 0 Å². The summed E-state index contributed by atoms with van der Waals surface area (Å²) in [7, 11) is 0. The van der Waals surface area contributed by atoms with E-state index in [4.69, 9.17) is 31.3 Å². The summed E-state index contributed by atoms with van der Waals surface area (Å²) in [5, 5.41) is 6.88. The lowest BCUT2D eigenvalue weighted by atomic mass is 9.92. The fourth-order valence-corrected chi connectivity index (χ4v) is 5.15. The topological polar surface area (TPSA) is 78.7 Å². The number of nitrogens with zero attached hydrogens (tertiary/aromatic N) is 4. The van der Waals surface area contributed by atoms with Crippen molar-refractivity contribution >= 4 is 34.9 Å². The highest BCUT2D eigenvalue weighted by molar-refractivity contribution is 7.80. The van der Waals surface area contributed by atoms with Crippen molar-refractivity contribution < 1.29 is 9.15 Å². The minimum absolute atomic E-state index is 0.457. The molecular weight excluding hydrogens is 472 g/mol. The summed E-state index contributed by atoms with van der Waals surface area (Å²) in [5.41, 5.74) is 1.05. The summed E-state index contributed by atoms with van der Waals surface area (Å²) in [5.74, 6) is 5.24. The highest BCUT2D eigenvalue weighted by Gasteiger charge is 2.25. The number of hydrogen-bond acceptors (Lipinski definition) is 7. The van der Waals surface area contributed by atoms with Crippen molar-refractivity contribution in [2.75, 3.05) is 54.5 Å². The van der Waals surface area contributed by atoms with Crippen molar-refractivity contribution in [3.8, 4) is 11.3 Å². The lowest BCUT2D eigenvalue weighted by Crippen LogP contribution is -2.40. The number of rotatable bonds is 6. The Labute approximate surface area is 218 Å². The van der Waals surface area contributed by atoms with Crippen molar-refractivity contribution in [3.63, 3.8) is 0 Å². The largest absolute Gasteiger partial charge is 0.459 e. The van der Waals surface area contributed by atoms with Crippen LogP contribution >= 0.6 is 12.2 Å². The Balaban J connectivity index is 1.28. The number of aromatic nitrogens is 2. The third-order valence-electron chi connectivity index (χ3n) is 6.60. The molecule has 0 amide bonds. The van der Waals surface area contributed by atoms with Crippen LogP contribution in [-0.2, 0) is 11.3 Å². The van der Waals surface area contributed by atoms with E-state index < -0.39 is 0 Å². The van der Waals surface area contributed by atoms with Crippen LogP contribution in [0.5, 0.6) is 0 Å². The molecule has 0 radical (unpaired) electrons. The predicted molar refractivity (Wildman–Crippen MR) is 147 cm³/mol. The number of piperidine rings is 1. The molecule has 2 aliphatic rings. The molecule has 0 aliphatic carbocycles. The Hall–Kier alpha value is -3.17. The molecule has 5 rings (SSSR count). The Kier molecular flexibility index (Phi) is 7.67. The number of thiocarbonyl (C=S) groups is 1. The number of ether oxygens (including phenoxy) is 1. The monoisotopic (exact) mass is 506 g/mol. The molecule has 9 heteroatoms. The number of benzene rings is 1. The molecule has 3 aromatic rings. The van der Waals surface area contributed by atoms with Crippen LogP contribution in [0.15, 0.2) is 52.9 Å². The van der Waals surface area contributed by atoms with Crippen molar-refractivity contribution in [2.45, 2.75) is 26.8 Å². The third-order valence-corrected chi connectivity index (χ3v) is 6.84. The van der Waals surface area contributed by atoms with Gasteiger partial charge in [-0.1, -0.05) is 44.2 Å². The number of anilines is 3. The molecule has 2 fully saturated rings. The van der Waals surface area contributed by atoms with Crippen LogP contribution in [0.25, 0.3) is 11.3 Å². The number of hydrogen-bond donors (Lipinski definition) is 2. The molecule has 0 unspecified atom stereocenters. The van der Waals surface area contributed by atoms with Crippen molar-refractivity contribution in [1.29, 1.82) is 0 Å². The molecule has 0 spiro atoms. The summed E-state index contributed by atoms with van der Waals surface area (Å²) in [6.07, 6.45) is 1.25. The Morgan fingerprint density at radius 3 is 2.39 bits per heavy atom. The first-order valence-corrected chi connectivity index (χ1v) is 13.1. The molecule has 4 heterocycles. The molecule has 1 aromatic carbocycles. The molecule has 190 valence electrons. The van der Waals surface area contributed by atoms with Gasteiger partial charge in [0.1, 0.15) is 23.2 Å². The molecule has 2 aromatic heterocycles. The smallest absolute Gasteiger partial charge is 0.232 e. The maximum absolute atomic E-state index is 5.98. The first-order chi connectivity index (χ1) is 17.5. The second-order valence-electron chi connectivity index (χ2n) is 9.80. The van der Waals surface area contributed by atoms with Gasteiger partial charge in [0.25, 0.3) is 0 Å². The minimum Gasteiger partial charge on any atom is -0.459 e. The SMILES string of the molecule is C[C@H]1C[C@H](C)CN(c2cc(N3CCOCC3)nc(NC(=S)NCc3ccc(-c4ccccc4)o3)n2)C1. The van der Waals surface area contributed by atoms with Gasteiger partial charge in [0, 0.05) is 37.8 Å². The van der Waals surface area contributed by atoms with E-state index in [-0.39, 0.29) is 0 Å². The summed E-state index contributed by atoms with van der Waals surface area (Å²) in [4.78, 5) is 14.3. The standard InChI is InChI=1S/C27H34N6O2S/c1-19-14-20(2)18-33(17-19)25-15-24(32-10-12-34-13-11-32)29-26(30-25)31-27(36)28-16-22-8-9-23(35-22)21-6-4-3-5-7-21/h3-9,15,19-20H,10-14,16-18H2,1-2H3,(H2,28,29,30,31,36)/t19-,20-/m0/s1. The Morgan fingerprint density at radius 1 is 0.972 bits per heavy atom. The fourth-order valence-electron chi connectivity index (χ4n) is 4.99. The zero-order chi connectivity index (χ0) is 24.9. The maximum Gasteiger partial charge on any atom is 0.232 e. The van der Waals surface area contributed by atoms with Gasteiger partial charge in [-0.05, 0) is 42.6 Å². The van der Waals surface area contributed by atoms with Crippen LogP contribution in [-0.4, -0.2) is 54.5 Å². The quantitative estimate of drug-likeness (QED) is 0.468. The Morgan fingerprint density at radius 2 is 1.67 bits per heavy atom. The first kappa shape index (κ1) is 24.5. The highest BCUT2D eigenvalue weighted by atomic mass is 32.1. The van der Waals surface area contributed by atoms with Crippen molar-refractivity contribution in [2.24, 2.45) is 11.8 Å². The summed E-state index contributed by atoms with van der Waals surface area (Å²) in [6.45, 7) is 10.1. The van der Waals surface area contributed by atoms with Gasteiger partial charge in [-0.25, -0.2) is 0 Å². The van der Waals surface area contributed by atoms with Crippen LogP contribution in [0.1, 0.15) is 26.0 Å². The van der Waals surface area contributed by atoms with Crippen molar-refractivity contribution in [3.05, 3.63) is 54.3 Å². The lowest BCUT2D eigenvalue weighted by Gasteiger charge is -2.36. The predicted octanol–water partition coefficient (Wildman–Crippen LogP) is 4.54. The fraction of sp³-hybridized carbons (Fsp3) is 0.444. The van der Waals surface area contributed by atoms with E-state index in [1.165, 1.54) is 6.42 Å². The van der Waals surface area contributed by atoms with Crippen LogP contribution in [0.4, 0.5) is 17.6 Å². The van der Waals surface area contributed by atoms with E-state index in [1.807, 2.05) is 42.5 Å². The molecule has 36 heavy (non-hydrogen) atoms. The van der Waals surface area contributed by atoms with E-state index >= 15 is 0 Å². The lowest BCUT2D eigenvalue weighted by molar-refractivity contribution is 0.122. The van der Waals surface area contributed by atoms with E-state index in [0.29, 0.717) is 42.7 Å². The first-order valence-electron chi connectivity index (χ1n) is 12.7. The van der Waals surface area contributed by atoms with Gasteiger partial charge in [0.15, 0.2) is 5.11 Å². The van der Waals surface area contributed by atoms with Gasteiger partial charge in [-0.3, -0.25) is 0 Å². The van der Waals surface area contributed by atoms with Crippen LogP contribution in [0, 0.1) is 11.8 Å². The molecule has 2 atom stereocenters. The third kappa shape index (κ3) is 6.14. The normalized spacial score (nSPS) is 20.3. The Bertz CT molecular complexity index is 1150. The summed E-state index contributed by atoms with van der Waals surface area (Å²) < 4.78 is 11.5. The molecule has 0 saturated carbocycles. The summed E-state index contributed by atoms with van der Waals surface area (Å²) >= 11 is 5.58. The van der Waals surface area contributed by atoms with E-state index in [0.717, 1.165) is 54.9 Å². The van der Waals surface area contributed by atoms with Gasteiger partial charge >= 0.3 is 0 Å². The van der Waals surface area contributed by atoms with Gasteiger partial charge in [0.2, 0.25) is 5.95 Å². The molecular formula is C27H34N6O2S. The van der Waals surface area contributed by atoms with E-state index in [2.05, 4.69) is 40.3 Å². The number of nitrogens with one attached hydrogen (secondary N) is 2. The molecule has 0 bridgehead atoms. The second-order valence-corrected chi connectivity index (χ2v) is 10.2. The van der Waals surface area contributed by atoms with Gasteiger partial charge in [-0.15, -0.1) is 0 Å². The molecule has 8 nitrogen and oxygen atoms in total. The van der Waals surface area contributed by atoms with Gasteiger partial charge < -0.3 is 29.6 Å². The minimum atomic E-state index is 0.457. The average Bonchev–Trinajstić information content (AvgIpc) is 3.37. The summed E-state index contributed by atoms with van der Waals surface area (Å²) in [6, 6.07) is 16.1. The van der Waals surface area contributed by atoms with Gasteiger partial charge in [-0.2, -0.15) is 9.97 Å².